The minimum absolute atomic E-state index is 0.545. The molecular weight excluding hydrogens is 174 g/mol. The van der Waals surface area contributed by atoms with Gasteiger partial charge in [0.05, 0.1) is 11.6 Å². The number of hydrogen-bond acceptors (Lipinski definition) is 2. The van der Waals surface area contributed by atoms with Gasteiger partial charge in [-0.15, -0.1) is 0 Å². The van der Waals surface area contributed by atoms with Crippen LogP contribution in [0.3, 0.4) is 0 Å². The number of aliphatic hydroxyl groups is 1. The van der Waals surface area contributed by atoms with E-state index in [9.17, 15) is 5.11 Å². The third-order valence-electron chi connectivity index (χ3n) is 2.38. The summed E-state index contributed by atoms with van der Waals surface area (Å²) in [7, 11) is 0. The second kappa shape index (κ2) is 3.65. The molecule has 1 N–H and O–H groups in total. The molecule has 0 bridgehead atoms. The van der Waals surface area contributed by atoms with Crippen molar-refractivity contribution in [3.63, 3.8) is 0 Å². The van der Waals surface area contributed by atoms with Crippen LogP contribution in [-0.4, -0.2) is 5.11 Å². The molecule has 0 aliphatic carbocycles. The SMILES string of the molecule is C=C(C)C(C)(O)c1cccc(C#N)c1. The number of rotatable bonds is 2. The maximum absolute atomic E-state index is 10.1. The van der Waals surface area contributed by atoms with Crippen LogP contribution in [0.2, 0.25) is 0 Å². The van der Waals surface area contributed by atoms with Crippen LogP contribution in [0.1, 0.15) is 25.0 Å². The lowest BCUT2D eigenvalue weighted by molar-refractivity contribution is 0.0980. The average Bonchev–Trinajstić information content (AvgIpc) is 2.17. The van der Waals surface area contributed by atoms with Crippen molar-refractivity contribution in [2.24, 2.45) is 0 Å². The van der Waals surface area contributed by atoms with Gasteiger partial charge >= 0.3 is 0 Å². The first-order chi connectivity index (χ1) is 6.48. The van der Waals surface area contributed by atoms with Crippen molar-refractivity contribution < 1.29 is 5.11 Å². The summed E-state index contributed by atoms with van der Waals surface area (Å²) >= 11 is 0. The Morgan fingerprint density at radius 2 is 2.21 bits per heavy atom. The highest BCUT2D eigenvalue weighted by Crippen LogP contribution is 2.27. The van der Waals surface area contributed by atoms with Crippen molar-refractivity contribution in [1.82, 2.24) is 0 Å². The van der Waals surface area contributed by atoms with E-state index in [2.05, 4.69) is 6.58 Å². The van der Waals surface area contributed by atoms with Gasteiger partial charge < -0.3 is 5.11 Å². The topological polar surface area (TPSA) is 44.0 Å². The summed E-state index contributed by atoms with van der Waals surface area (Å²) in [4.78, 5) is 0. The van der Waals surface area contributed by atoms with Crippen molar-refractivity contribution in [2.75, 3.05) is 0 Å². The first-order valence-corrected chi connectivity index (χ1v) is 4.37. The molecule has 1 aromatic carbocycles. The molecule has 0 amide bonds. The minimum Gasteiger partial charge on any atom is -0.381 e. The summed E-state index contributed by atoms with van der Waals surface area (Å²) in [5.74, 6) is 0. The molecule has 0 saturated carbocycles. The quantitative estimate of drug-likeness (QED) is 0.722. The lowest BCUT2D eigenvalue weighted by Crippen LogP contribution is -2.21. The van der Waals surface area contributed by atoms with Gasteiger partial charge in [0.2, 0.25) is 0 Å². The first-order valence-electron chi connectivity index (χ1n) is 4.37. The summed E-state index contributed by atoms with van der Waals surface area (Å²) in [6.45, 7) is 7.16. The Balaban J connectivity index is 3.21. The van der Waals surface area contributed by atoms with Crippen LogP contribution in [0, 0.1) is 11.3 Å². The lowest BCUT2D eigenvalue weighted by atomic mass is 9.89. The van der Waals surface area contributed by atoms with Crippen molar-refractivity contribution in [2.45, 2.75) is 19.4 Å². The highest BCUT2D eigenvalue weighted by atomic mass is 16.3. The summed E-state index contributed by atoms with van der Waals surface area (Å²) in [5, 5.41) is 18.8. The molecule has 1 rings (SSSR count). The molecule has 0 saturated heterocycles. The monoisotopic (exact) mass is 187 g/mol. The van der Waals surface area contributed by atoms with Gasteiger partial charge in [0.1, 0.15) is 5.60 Å². The highest BCUT2D eigenvalue weighted by Gasteiger charge is 2.23. The molecule has 1 aromatic rings. The molecule has 1 unspecified atom stereocenters. The zero-order valence-electron chi connectivity index (χ0n) is 8.41. The molecule has 0 radical (unpaired) electrons. The summed E-state index contributed by atoms with van der Waals surface area (Å²) < 4.78 is 0. The third-order valence-corrected chi connectivity index (χ3v) is 2.38. The smallest absolute Gasteiger partial charge is 0.107 e. The van der Waals surface area contributed by atoms with Gasteiger partial charge in [-0.1, -0.05) is 18.7 Å². The molecule has 72 valence electrons. The molecule has 0 aliphatic rings. The molecule has 0 aliphatic heterocycles. The van der Waals surface area contributed by atoms with Crippen LogP contribution >= 0.6 is 0 Å². The predicted molar refractivity (Wildman–Crippen MR) is 55.5 cm³/mol. The van der Waals surface area contributed by atoms with Crippen LogP contribution in [0.25, 0.3) is 0 Å². The normalized spacial score (nSPS) is 14.1. The van der Waals surface area contributed by atoms with Crippen LogP contribution in [0.4, 0.5) is 0 Å². The summed E-state index contributed by atoms with van der Waals surface area (Å²) in [5.41, 5.74) is 0.841. The van der Waals surface area contributed by atoms with E-state index in [-0.39, 0.29) is 0 Å². The Morgan fingerprint density at radius 3 is 2.71 bits per heavy atom. The number of hydrogen-bond donors (Lipinski definition) is 1. The van der Waals surface area contributed by atoms with Crippen molar-refractivity contribution in [3.05, 3.63) is 47.5 Å². The van der Waals surface area contributed by atoms with Gasteiger partial charge in [0.15, 0.2) is 0 Å². The number of nitriles is 1. The van der Waals surface area contributed by atoms with Crippen LogP contribution in [-0.2, 0) is 5.60 Å². The number of benzene rings is 1. The Kier molecular flexibility index (Phi) is 2.73. The zero-order chi connectivity index (χ0) is 10.8. The molecule has 1 atom stereocenters. The first kappa shape index (κ1) is 10.5. The second-order valence-electron chi connectivity index (χ2n) is 3.55. The van der Waals surface area contributed by atoms with E-state index < -0.39 is 5.60 Å². The van der Waals surface area contributed by atoms with Gasteiger partial charge in [-0.25, -0.2) is 0 Å². The second-order valence-corrected chi connectivity index (χ2v) is 3.55. The number of nitrogens with zero attached hydrogens (tertiary/aromatic N) is 1. The molecule has 2 nitrogen and oxygen atoms in total. The minimum atomic E-state index is -1.06. The average molecular weight is 187 g/mol. The Morgan fingerprint density at radius 1 is 1.57 bits per heavy atom. The predicted octanol–water partition coefficient (Wildman–Crippen LogP) is 2.34. The van der Waals surface area contributed by atoms with Crippen LogP contribution in [0.15, 0.2) is 36.4 Å². The van der Waals surface area contributed by atoms with E-state index in [1.165, 1.54) is 0 Å². The maximum atomic E-state index is 10.1. The molecule has 0 spiro atoms. The van der Waals surface area contributed by atoms with Crippen LogP contribution in [0.5, 0.6) is 0 Å². The molecular formula is C12H13NO. The fourth-order valence-electron chi connectivity index (χ4n) is 1.14. The van der Waals surface area contributed by atoms with Crippen molar-refractivity contribution in [3.8, 4) is 6.07 Å². The summed E-state index contributed by atoms with van der Waals surface area (Å²) in [6, 6.07) is 8.96. The van der Waals surface area contributed by atoms with Gasteiger partial charge in [0, 0.05) is 0 Å². The van der Waals surface area contributed by atoms with Crippen molar-refractivity contribution in [1.29, 1.82) is 5.26 Å². The van der Waals surface area contributed by atoms with Gasteiger partial charge in [0.25, 0.3) is 0 Å². The molecule has 0 heterocycles. The largest absolute Gasteiger partial charge is 0.381 e. The van der Waals surface area contributed by atoms with E-state index >= 15 is 0 Å². The van der Waals surface area contributed by atoms with Gasteiger partial charge in [-0.3, -0.25) is 0 Å². The van der Waals surface area contributed by atoms with Crippen molar-refractivity contribution >= 4 is 0 Å². The molecule has 14 heavy (non-hydrogen) atoms. The Hall–Kier alpha value is -1.59. The highest BCUT2D eigenvalue weighted by molar-refractivity contribution is 5.38. The lowest BCUT2D eigenvalue weighted by Gasteiger charge is -2.24. The summed E-state index contributed by atoms with van der Waals surface area (Å²) in [6.07, 6.45) is 0. The Bertz CT molecular complexity index is 399. The maximum Gasteiger partial charge on any atom is 0.107 e. The van der Waals surface area contributed by atoms with Gasteiger partial charge in [-0.2, -0.15) is 5.26 Å². The van der Waals surface area contributed by atoms with E-state index in [0.29, 0.717) is 16.7 Å². The molecule has 0 fully saturated rings. The fourth-order valence-corrected chi connectivity index (χ4v) is 1.14. The van der Waals surface area contributed by atoms with E-state index in [1.54, 1.807) is 38.1 Å². The fraction of sp³-hybridized carbons (Fsp3) is 0.250. The zero-order valence-corrected chi connectivity index (χ0v) is 8.41. The van der Waals surface area contributed by atoms with E-state index in [4.69, 9.17) is 5.26 Å². The van der Waals surface area contributed by atoms with Gasteiger partial charge in [-0.05, 0) is 37.1 Å². The third kappa shape index (κ3) is 1.84. The van der Waals surface area contributed by atoms with E-state index in [0.717, 1.165) is 0 Å². The van der Waals surface area contributed by atoms with E-state index in [1.807, 2.05) is 6.07 Å². The standard InChI is InChI=1S/C12H13NO/c1-9(2)12(3,14)11-6-4-5-10(7-11)8-13/h4-7,14H,1H2,2-3H3. The van der Waals surface area contributed by atoms with Crippen LogP contribution < -0.4 is 0 Å². The molecule has 2 heteroatoms. The molecule has 0 aromatic heterocycles. The Labute approximate surface area is 84.1 Å².